The number of carbonyl (C=O) groups is 1. The van der Waals surface area contributed by atoms with Gasteiger partial charge in [0.25, 0.3) is 0 Å². The average Bonchev–Trinajstić information content (AvgIpc) is 3.12. The highest BCUT2D eigenvalue weighted by atomic mass is 16.5. The molecule has 1 fully saturated rings. The largest absolute Gasteiger partial charge is 0.491 e. The molecule has 9 nitrogen and oxygen atoms in total. The highest BCUT2D eigenvalue weighted by Gasteiger charge is 2.34. The third kappa shape index (κ3) is 6.35. The van der Waals surface area contributed by atoms with Crippen molar-refractivity contribution in [1.29, 1.82) is 5.41 Å². The Hall–Kier alpha value is -4.79. The molecule has 3 heterocycles. The Morgan fingerprint density at radius 2 is 2.15 bits per heavy atom. The number of aryl methyl sites for hydroxylation is 1. The number of aliphatic imine (C=N–C) groups is 1. The first-order chi connectivity index (χ1) is 20.0. The predicted octanol–water partition coefficient (Wildman–Crippen LogP) is 6.18. The maximum atomic E-state index is 11.8. The van der Waals surface area contributed by atoms with E-state index < -0.39 is 0 Å². The van der Waals surface area contributed by atoms with Gasteiger partial charge in [-0.2, -0.15) is 0 Å². The van der Waals surface area contributed by atoms with Crippen LogP contribution in [-0.4, -0.2) is 48.0 Å². The highest BCUT2D eigenvalue weighted by Crippen LogP contribution is 2.42. The summed E-state index contributed by atoms with van der Waals surface area (Å²) in [7, 11) is 0. The predicted molar refractivity (Wildman–Crippen MR) is 164 cm³/mol. The van der Waals surface area contributed by atoms with Gasteiger partial charge < -0.3 is 19.7 Å². The number of fused-ring (bicyclic) bond motifs is 5. The molecular weight excluding hydrogens is 516 g/mol. The smallest absolute Gasteiger partial charge is 0.155 e. The second-order valence-corrected chi connectivity index (χ2v) is 10.2. The first-order valence-electron chi connectivity index (χ1n) is 13.7. The molecule has 1 saturated heterocycles. The zero-order chi connectivity index (χ0) is 28.8. The van der Waals surface area contributed by atoms with Crippen molar-refractivity contribution in [2.24, 2.45) is 16.8 Å². The van der Waals surface area contributed by atoms with Crippen LogP contribution in [0.25, 0.3) is 10.9 Å². The number of nitrogens with zero attached hydrogens (tertiary/aromatic N) is 4. The molecule has 2 aliphatic rings. The van der Waals surface area contributed by atoms with E-state index in [1.165, 1.54) is 12.3 Å². The second-order valence-electron chi connectivity index (χ2n) is 10.2. The van der Waals surface area contributed by atoms with Crippen LogP contribution in [0.3, 0.4) is 0 Å². The summed E-state index contributed by atoms with van der Waals surface area (Å²) >= 11 is 0. The zero-order valence-corrected chi connectivity index (χ0v) is 23.2. The lowest BCUT2D eigenvalue weighted by Gasteiger charge is -2.37. The van der Waals surface area contributed by atoms with E-state index in [0.717, 1.165) is 65.9 Å². The lowest BCUT2D eigenvalue weighted by atomic mass is 9.82. The fraction of sp³-hybridized carbons (Fsp3) is 0.281. The summed E-state index contributed by atoms with van der Waals surface area (Å²) in [5.74, 6) is 3.69. The van der Waals surface area contributed by atoms with Crippen LogP contribution in [0, 0.1) is 24.2 Å². The first-order valence-corrected chi connectivity index (χ1v) is 13.7. The van der Waals surface area contributed by atoms with Crippen molar-refractivity contribution in [3.05, 3.63) is 79.4 Å². The summed E-state index contributed by atoms with van der Waals surface area (Å²) in [6.45, 7) is 11.8. The lowest BCUT2D eigenvalue weighted by molar-refractivity contribution is -0.115. The number of rotatable bonds is 11. The molecule has 2 bridgehead atoms. The molecule has 2 atom stereocenters. The topological polar surface area (TPSA) is 113 Å². The Bertz CT molecular complexity index is 1550. The Kier molecular flexibility index (Phi) is 8.53. The van der Waals surface area contributed by atoms with Gasteiger partial charge in [0.05, 0.1) is 17.8 Å². The van der Waals surface area contributed by atoms with Crippen molar-refractivity contribution in [2.75, 3.05) is 29.9 Å². The van der Waals surface area contributed by atoms with Gasteiger partial charge in [-0.25, -0.2) is 15.0 Å². The number of piperidine rings is 1. The minimum absolute atomic E-state index is 0.107. The summed E-state index contributed by atoms with van der Waals surface area (Å²) in [4.78, 5) is 27.0. The molecule has 1 unspecified atom stereocenters. The molecule has 9 heteroatoms. The van der Waals surface area contributed by atoms with E-state index in [0.29, 0.717) is 42.2 Å². The van der Waals surface area contributed by atoms with Crippen molar-refractivity contribution in [3.63, 3.8) is 0 Å². The highest BCUT2D eigenvalue weighted by molar-refractivity contribution is 5.95. The van der Waals surface area contributed by atoms with Gasteiger partial charge in [0.1, 0.15) is 35.7 Å². The monoisotopic (exact) mass is 550 g/mol. The number of hydrogen-bond donors (Lipinski definition) is 2. The summed E-state index contributed by atoms with van der Waals surface area (Å²) in [5, 5.41) is 11.4. The van der Waals surface area contributed by atoms with Crippen molar-refractivity contribution >= 4 is 46.4 Å². The standard InChI is InChI=1S/C32H34N6O3/c1-4-25(39)8-6-22-11-13-38-17-23(22)18-40-31-16-28-27(15-29(31)38)32(36-20-35-28)37-24-7-9-30(21(3)14-24)41-26(5-2)10-12-34-19-33/h4-5,7,9-10,12,14-16,19-20,22-23,33H,1-2,6,8,11,13,17-18H2,3H3,(H,35,36,37)/b26-10+,33-19?,34-12?/t22?,23-/m1/s1. The number of nitrogens with one attached hydrogen (secondary N) is 2. The third-order valence-corrected chi connectivity index (χ3v) is 7.66. The van der Waals surface area contributed by atoms with E-state index in [9.17, 15) is 4.79 Å². The quantitative estimate of drug-likeness (QED) is 0.0964. The van der Waals surface area contributed by atoms with Crippen LogP contribution in [0.15, 0.2) is 78.8 Å². The molecule has 0 amide bonds. The van der Waals surface area contributed by atoms with Gasteiger partial charge in [-0.1, -0.05) is 13.2 Å². The normalized spacial score (nSPS) is 18.3. The van der Waals surface area contributed by atoms with E-state index in [-0.39, 0.29) is 5.78 Å². The van der Waals surface area contributed by atoms with Crippen LogP contribution in [0.4, 0.5) is 17.2 Å². The van der Waals surface area contributed by atoms with Gasteiger partial charge in [0.15, 0.2) is 5.78 Å². The van der Waals surface area contributed by atoms with Crippen molar-refractivity contribution < 1.29 is 14.3 Å². The van der Waals surface area contributed by atoms with Crippen LogP contribution >= 0.6 is 0 Å². The van der Waals surface area contributed by atoms with Crippen LogP contribution in [0.5, 0.6) is 11.5 Å². The van der Waals surface area contributed by atoms with Crippen LogP contribution < -0.4 is 19.7 Å². The number of ether oxygens (including phenoxy) is 2. The van der Waals surface area contributed by atoms with Gasteiger partial charge in [0, 0.05) is 48.8 Å². The number of benzene rings is 2. The number of allylic oxidation sites excluding steroid dienone is 3. The van der Waals surface area contributed by atoms with E-state index in [1.54, 1.807) is 18.5 Å². The molecule has 5 rings (SSSR count). The SMILES string of the molecule is C=CC(=O)CCC1CCN2C[C@@H]1COc1cc3ncnc(Nc4ccc(O/C(C=C)=C/C=NC=N)c(C)c4)c3cc12. The van der Waals surface area contributed by atoms with E-state index in [2.05, 4.69) is 44.4 Å². The van der Waals surface area contributed by atoms with Gasteiger partial charge in [-0.15, -0.1) is 0 Å². The number of anilines is 3. The Balaban J connectivity index is 1.36. The molecular formula is C32H34N6O3. The Morgan fingerprint density at radius 3 is 2.93 bits per heavy atom. The maximum Gasteiger partial charge on any atom is 0.155 e. The van der Waals surface area contributed by atoms with E-state index in [4.69, 9.17) is 14.9 Å². The van der Waals surface area contributed by atoms with Crippen LogP contribution in [-0.2, 0) is 4.79 Å². The van der Waals surface area contributed by atoms with Gasteiger partial charge in [-0.05, 0) is 73.7 Å². The number of carbonyl (C=O) groups excluding carboxylic acids is 1. The first kappa shape index (κ1) is 27.8. The molecule has 0 aliphatic carbocycles. The van der Waals surface area contributed by atoms with Crippen LogP contribution in [0.1, 0.15) is 24.8 Å². The molecule has 2 aromatic carbocycles. The molecule has 2 aliphatic heterocycles. The Morgan fingerprint density at radius 1 is 1.27 bits per heavy atom. The number of ketones is 1. The molecule has 0 saturated carbocycles. The van der Waals surface area contributed by atoms with Crippen LogP contribution in [0.2, 0.25) is 0 Å². The lowest BCUT2D eigenvalue weighted by Crippen LogP contribution is -2.41. The summed E-state index contributed by atoms with van der Waals surface area (Å²) in [6, 6.07) is 9.94. The van der Waals surface area contributed by atoms with Crippen molar-refractivity contribution in [1.82, 2.24) is 9.97 Å². The molecule has 3 aromatic rings. The molecule has 210 valence electrons. The number of hydrogen-bond acceptors (Lipinski definition) is 8. The third-order valence-electron chi connectivity index (χ3n) is 7.66. The van der Waals surface area contributed by atoms with Gasteiger partial charge >= 0.3 is 0 Å². The molecule has 41 heavy (non-hydrogen) atoms. The summed E-state index contributed by atoms with van der Waals surface area (Å²) in [5.41, 5.74) is 3.64. The maximum absolute atomic E-state index is 11.8. The number of aromatic nitrogens is 2. The molecule has 0 radical (unpaired) electrons. The van der Waals surface area contributed by atoms with E-state index >= 15 is 0 Å². The summed E-state index contributed by atoms with van der Waals surface area (Å²) < 4.78 is 12.3. The minimum Gasteiger partial charge on any atom is -0.491 e. The minimum atomic E-state index is 0.107. The Labute approximate surface area is 239 Å². The fourth-order valence-electron chi connectivity index (χ4n) is 5.44. The van der Waals surface area contributed by atoms with Crippen molar-refractivity contribution in [2.45, 2.75) is 26.2 Å². The van der Waals surface area contributed by atoms with Crippen molar-refractivity contribution in [3.8, 4) is 11.5 Å². The van der Waals surface area contributed by atoms with Gasteiger partial charge in [-0.3, -0.25) is 10.2 Å². The second kappa shape index (κ2) is 12.6. The molecule has 1 aromatic heterocycles. The van der Waals surface area contributed by atoms with E-state index in [1.807, 2.05) is 31.2 Å². The molecule has 2 N–H and O–H groups in total. The average molecular weight is 551 g/mol. The molecule has 0 spiro atoms. The zero-order valence-electron chi connectivity index (χ0n) is 23.2. The van der Waals surface area contributed by atoms with Gasteiger partial charge in [0.2, 0.25) is 0 Å². The fourth-order valence-corrected chi connectivity index (χ4v) is 5.44. The summed E-state index contributed by atoms with van der Waals surface area (Å²) in [6.07, 6.45) is 11.1.